The Morgan fingerprint density at radius 1 is 0.767 bits per heavy atom. The average molecular weight is 411 g/mol. The largest absolute Gasteiger partial charge is 0.300 e. The Balaban J connectivity index is 0.000000179. The van der Waals surface area contributed by atoms with Crippen molar-refractivity contribution in [3.63, 3.8) is 0 Å². The highest BCUT2D eigenvalue weighted by molar-refractivity contribution is 5.83. The second kappa shape index (κ2) is 14.2. The molecular formula is C24H30N2O4. The third kappa shape index (κ3) is 9.56. The van der Waals surface area contributed by atoms with Gasteiger partial charge in [0.2, 0.25) is 0 Å². The van der Waals surface area contributed by atoms with Gasteiger partial charge in [0.1, 0.15) is 17.6 Å². The predicted molar refractivity (Wildman–Crippen MR) is 118 cm³/mol. The van der Waals surface area contributed by atoms with E-state index >= 15 is 0 Å². The molecule has 0 aromatic heterocycles. The van der Waals surface area contributed by atoms with Crippen molar-refractivity contribution in [2.45, 2.75) is 63.9 Å². The number of anilines is 1. The lowest BCUT2D eigenvalue weighted by Crippen LogP contribution is -2.29. The monoisotopic (exact) mass is 410 g/mol. The second-order valence-electron chi connectivity index (χ2n) is 7.31. The molecule has 2 aliphatic carbocycles. The minimum atomic E-state index is -0.265. The fourth-order valence-corrected chi connectivity index (χ4v) is 3.16. The fraction of sp³-hybridized carbons (Fsp3) is 0.417. The highest BCUT2D eigenvalue weighted by atomic mass is 16.7. The van der Waals surface area contributed by atoms with Crippen LogP contribution in [0.4, 0.5) is 11.4 Å². The molecule has 0 heterocycles. The van der Waals surface area contributed by atoms with Crippen molar-refractivity contribution in [2.75, 3.05) is 5.48 Å². The molecule has 160 valence electrons. The van der Waals surface area contributed by atoms with Crippen molar-refractivity contribution in [1.29, 1.82) is 0 Å². The van der Waals surface area contributed by atoms with E-state index in [0.717, 1.165) is 50.6 Å². The molecule has 0 unspecified atom stereocenters. The van der Waals surface area contributed by atoms with Crippen LogP contribution in [0.3, 0.4) is 0 Å². The molecule has 2 aromatic rings. The molecule has 0 radical (unpaired) electrons. The van der Waals surface area contributed by atoms with Crippen LogP contribution in [-0.2, 0) is 14.4 Å². The van der Waals surface area contributed by atoms with Gasteiger partial charge in [-0.15, -0.1) is 4.91 Å². The summed E-state index contributed by atoms with van der Waals surface area (Å²) >= 11 is 0. The molecule has 1 N–H and O–H groups in total. The second-order valence-corrected chi connectivity index (χ2v) is 7.31. The van der Waals surface area contributed by atoms with Crippen LogP contribution in [0.25, 0.3) is 0 Å². The van der Waals surface area contributed by atoms with Crippen molar-refractivity contribution in [1.82, 2.24) is 0 Å². The summed E-state index contributed by atoms with van der Waals surface area (Å²) in [5.74, 6) is 0.677. The van der Waals surface area contributed by atoms with Gasteiger partial charge in [-0.3, -0.25) is 19.9 Å². The number of Topliss-reactive ketones (excluding diaryl/α,β-unsaturated/α-hetero) is 2. The number of nitrogens with zero attached hydrogens (tertiary/aromatic N) is 1. The van der Waals surface area contributed by atoms with Gasteiger partial charge in [-0.25, -0.2) is 0 Å². The number of benzene rings is 2. The lowest BCUT2D eigenvalue weighted by Gasteiger charge is -2.20. The van der Waals surface area contributed by atoms with E-state index in [1.165, 1.54) is 6.42 Å². The predicted octanol–water partition coefficient (Wildman–Crippen LogP) is 6.15. The zero-order valence-electron chi connectivity index (χ0n) is 17.3. The van der Waals surface area contributed by atoms with Crippen LogP contribution in [-0.4, -0.2) is 17.7 Å². The van der Waals surface area contributed by atoms with E-state index in [9.17, 15) is 14.5 Å². The number of carbonyl (C=O) groups excluding carboxylic acids is 2. The lowest BCUT2D eigenvalue weighted by atomic mass is 9.97. The number of rotatable bonds is 4. The molecule has 2 fully saturated rings. The number of hydrogen-bond donors (Lipinski definition) is 1. The molecular weight excluding hydrogens is 380 g/mol. The van der Waals surface area contributed by atoms with Gasteiger partial charge in [0.15, 0.2) is 5.78 Å². The molecule has 0 amide bonds. The molecule has 0 aliphatic heterocycles. The van der Waals surface area contributed by atoms with Crippen molar-refractivity contribution < 1.29 is 14.4 Å². The Labute approximate surface area is 178 Å². The Morgan fingerprint density at radius 2 is 1.37 bits per heavy atom. The SMILES string of the molecule is O=C1CCCCC1.O=C1CCCC[C@H]1ONc1ccccc1.O=Nc1ccccc1. The zero-order chi connectivity index (χ0) is 21.4. The van der Waals surface area contributed by atoms with Crippen LogP contribution in [0.15, 0.2) is 65.8 Å². The van der Waals surface area contributed by atoms with Gasteiger partial charge in [-0.05, 0) is 61.5 Å². The molecule has 2 aromatic carbocycles. The molecule has 2 aliphatic rings. The first-order chi connectivity index (χ1) is 14.7. The molecule has 0 spiro atoms. The summed E-state index contributed by atoms with van der Waals surface area (Å²) in [6, 6.07) is 18.3. The van der Waals surface area contributed by atoms with E-state index in [4.69, 9.17) is 4.84 Å². The number of nitrogens with one attached hydrogen (secondary N) is 1. The quantitative estimate of drug-likeness (QED) is 0.483. The maximum Gasteiger partial charge on any atom is 0.164 e. The molecule has 6 nitrogen and oxygen atoms in total. The zero-order valence-corrected chi connectivity index (χ0v) is 17.3. The standard InChI is InChI=1S/C12H15NO2.C6H5NO.C6H10O/c14-11-8-4-5-9-12(11)15-13-10-6-2-1-3-7-10;8-7-6-4-2-1-3-5-6;7-6-4-2-1-3-5-6/h1-3,6-7,12-13H,4-5,8-9H2;1-5H;1-5H2/t12-;;/m1../s1. The van der Waals surface area contributed by atoms with Gasteiger partial charge in [0.05, 0.1) is 5.69 Å². The smallest absolute Gasteiger partial charge is 0.164 e. The van der Waals surface area contributed by atoms with E-state index < -0.39 is 0 Å². The Kier molecular flexibility index (Phi) is 11.1. The van der Waals surface area contributed by atoms with Gasteiger partial charge in [0.25, 0.3) is 0 Å². The van der Waals surface area contributed by atoms with Gasteiger partial charge in [0, 0.05) is 19.3 Å². The van der Waals surface area contributed by atoms with E-state index in [1.807, 2.05) is 36.4 Å². The third-order valence-electron chi connectivity index (χ3n) is 4.86. The van der Waals surface area contributed by atoms with E-state index in [2.05, 4.69) is 10.7 Å². The summed E-state index contributed by atoms with van der Waals surface area (Å²) in [6.45, 7) is 0. The van der Waals surface area contributed by atoms with Crippen molar-refractivity contribution in [3.05, 3.63) is 65.6 Å². The van der Waals surface area contributed by atoms with Crippen LogP contribution >= 0.6 is 0 Å². The Morgan fingerprint density at radius 3 is 1.87 bits per heavy atom. The van der Waals surface area contributed by atoms with E-state index in [1.54, 1.807) is 24.3 Å². The minimum absolute atomic E-state index is 0.213. The number of carbonyl (C=O) groups is 2. The van der Waals surface area contributed by atoms with Gasteiger partial charge in [-0.1, -0.05) is 42.8 Å². The van der Waals surface area contributed by atoms with Gasteiger partial charge in [-0.2, -0.15) is 0 Å². The average Bonchev–Trinajstić information content (AvgIpc) is 2.81. The van der Waals surface area contributed by atoms with Crippen LogP contribution in [0.2, 0.25) is 0 Å². The van der Waals surface area contributed by atoms with Crippen LogP contribution in [0.1, 0.15) is 57.8 Å². The summed E-state index contributed by atoms with van der Waals surface area (Å²) in [7, 11) is 0. The first-order valence-corrected chi connectivity index (χ1v) is 10.6. The summed E-state index contributed by atoms with van der Waals surface area (Å²) in [5.41, 5.74) is 4.19. The number of para-hydroxylation sites is 1. The van der Waals surface area contributed by atoms with Gasteiger partial charge >= 0.3 is 0 Å². The Bertz CT molecular complexity index is 757. The summed E-state index contributed by atoms with van der Waals surface area (Å²) in [5, 5.41) is 2.72. The highest BCUT2D eigenvalue weighted by Crippen LogP contribution is 2.18. The van der Waals surface area contributed by atoms with Crippen molar-refractivity contribution in [3.8, 4) is 0 Å². The first-order valence-electron chi connectivity index (χ1n) is 10.6. The van der Waals surface area contributed by atoms with Gasteiger partial charge < -0.3 is 0 Å². The minimum Gasteiger partial charge on any atom is -0.300 e. The molecule has 2 saturated carbocycles. The van der Waals surface area contributed by atoms with Crippen LogP contribution in [0, 0.1) is 4.91 Å². The first kappa shape index (κ1) is 23.4. The molecule has 0 saturated heterocycles. The number of nitroso groups, excluding NO2 is 1. The molecule has 6 heteroatoms. The molecule has 4 rings (SSSR count). The molecule has 30 heavy (non-hydrogen) atoms. The Hall–Kier alpha value is -2.86. The highest BCUT2D eigenvalue weighted by Gasteiger charge is 2.23. The lowest BCUT2D eigenvalue weighted by molar-refractivity contribution is -0.131. The molecule has 0 bridgehead atoms. The maximum absolute atomic E-state index is 11.5. The molecule has 1 atom stereocenters. The third-order valence-corrected chi connectivity index (χ3v) is 4.86. The van der Waals surface area contributed by atoms with Crippen molar-refractivity contribution >= 4 is 22.9 Å². The fourth-order valence-electron chi connectivity index (χ4n) is 3.16. The van der Waals surface area contributed by atoms with Crippen LogP contribution < -0.4 is 5.48 Å². The normalized spacial score (nSPS) is 18.2. The van der Waals surface area contributed by atoms with E-state index in [-0.39, 0.29) is 11.9 Å². The van der Waals surface area contributed by atoms with Crippen molar-refractivity contribution in [2.24, 2.45) is 5.18 Å². The number of hydrogen-bond acceptors (Lipinski definition) is 6. The summed E-state index contributed by atoms with van der Waals surface area (Å²) in [6.07, 6.45) is 8.54. The summed E-state index contributed by atoms with van der Waals surface area (Å²) in [4.78, 5) is 37.1. The topological polar surface area (TPSA) is 84.8 Å². The van der Waals surface area contributed by atoms with E-state index in [0.29, 0.717) is 17.9 Å². The van der Waals surface area contributed by atoms with Crippen LogP contribution in [0.5, 0.6) is 0 Å². The maximum atomic E-state index is 11.5. The number of ketones is 2. The summed E-state index contributed by atoms with van der Waals surface area (Å²) < 4.78 is 0.